The minimum atomic E-state index is -2.98. The van der Waals surface area contributed by atoms with Gasteiger partial charge in [0.1, 0.15) is 0 Å². The van der Waals surface area contributed by atoms with Crippen molar-refractivity contribution in [3.05, 3.63) is 35.9 Å². The third-order valence-electron chi connectivity index (χ3n) is 3.76. The molecule has 1 aromatic carbocycles. The molecule has 1 aliphatic rings. The van der Waals surface area contributed by atoms with Crippen LogP contribution in [0.25, 0.3) is 0 Å². The monoisotopic (exact) mass is 267 g/mol. The molecule has 0 spiro atoms. The van der Waals surface area contributed by atoms with Crippen LogP contribution in [0.15, 0.2) is 30.3 Å². The maximum absolute atomic E-state index is 12.3. The molecule has 3 nitrogen and oxygen atoms in total. The van der Waals surface area contributed by atoms with Crippen molar-refractivity contribution < 1.29 is 8.42 Å². The number of benzene rings is 1. The standard InChI is InChI=1S/C14H21NO2S/c1-15-14(12-7-3-2-4-8-12)11-18(16,17)13-9-5-6-10-13/h2-4,7-8,13-15H,5-6,9-11H2,1H3. The van der Waals surface area contributed by atoms with Crippen LogP contribution in [0, 0.1) is 0 Å². The lowest BCUT2D eigenvalue weighted by Crippen LogP contribution is -2.30. The van der Waals surface area contributed by atoms with Crippen molar-refractivity contribution in [1.82, 2.24) is 5.32 Å². The van der Waals surface area contributed by atoms with Crippen molar-refractivity contribution in [3.63, 3.8) is 0 Å². The van der Waals surface area contributed by atoms with Crippen molar-refractivity contribution in [2.75, 3.05) is 12.8 Å². The highest BCUT2D eigenvalue weighted by atomic mass is 32.2. The van der Waals surface area contributed by atoms with Gasteiger partial charge in [0, 0.05) is 6.04 Å². The highest BCUT2D eigenvalue weighted by Crippen LogP contribution is 2.27. The quantitative estimate of drug-likeness (QED) is 0.890. The molecule has 4 heteroatoms. The van der Waals surface area contributed by atoms with E-state index in [4.69, 9.17) is 0 Å². The fourth-order valence-electron chi connectivity index (χ4n) is 2.65. The van der Waals surface area contributed by atoms with Gasteiger partial charge in [-0.3, -0.25) is 0 Å². The maximum atomic E-state index is 12.3. The Hall–Kier alpha value is -0.870. The smallest absolute Gasteiger partial charge is 0.155 e. The average molecular weight is 267 g/mol. The largest absolute Gasteiger partial charge is 0.312 e. The van der Waals surface area contributed by atoms with Crippen LogP contribution in [-0.2, 0) is 9.84 Å². The Bertz CT molecular complexity index is 464. The summed E-state index contributed by atoms with van der Waals surface area (Å²) in [6.07, 6.45) is 3.79. The summed E-state index contributed by atoms with van der Waals surface area (Å²) in [7, 11) is -1.16. The van der Waals surface area contributed by atoms with E-state index >= 15 is 0 Å². The molecule has 0 saturated heterocycles. The lowest BCUT2D eigenvalue weighted by Gasteiger charge is -2.19. The summed E-state index contributed by atoms with van der Waals surface area (Å²) in [4.78, 5) is 0. The highest BCUT2D eigenvalue weighted by molar-refractivity contribution is 7.92. The highest BCUT2D eigenvalue weighted by Gasteiger charge is 2.30. The fraction of sp³-hybridized carbons (Fsp3) is 0.571. The van der Waals surface area contributed by atoms with Crippen molar-refractivity contribution in [1.29, 1.82) is 0 Å². The summed E-state index contributed by atoms with van der Waals surface area (Å²) in [6, 6.07) is 9.69. The molecular formula is C14H21NO2S. The van der Waals surface area contributed by atoms with Crippen molar-refractivity contribution in [3.8, 4) is 0 Å². The molecule has 100 valence electrons. The lowest BCUT2D eigenvalue weighted by molar-refractivity contribution is 0.560. The van der Waals surface area contributed by atoms with Gasteiger partial charge < -0.3 is 5.32 Å². The molecule has 18 heavy (non-hydrogen) atoms. The molecule has 1 aliphatic carbocycles. The second kappa shape index (κ2) is 5.85. The predicted octanol–water partition coefficient (Wildman–Crippen LogP) is 2.30. The van der Waals surface area contributed by atoms with E-state index < -0.39 is 9.84 Å². The average Bonchev–Trinajstić information content (AvgIpc) is 2.92. The summed E-state index contributed by atoms with van der Waals surface area (Å²) in [5, 5.41) is 3.00. The lowest BCUT2D eigenvalue weighted by atomic mass is 10.1. The molecule has 0 aromatic heterocycles. The normalized spacial score (nSPS) is 18.9. The number of rotatable bonds is 5. The van der Waals surface area contributed by atoms with Crippen LogP contribution < -0.4 is 5.32 Å². The summed E-state index contributed by atoms with van der Waals surface area (Å²) < 4.78 is 24.7. The van der Waals surface area contributed by atoms with Crippen LogP contribution in [0.5, 0.6) is 0 Å². The predicted molar refractivity (Wildman–Crippen MR) is 74.3 cm³/mol. The molecule has 1 atom stereocenters. The van der Waals surface area contributed by atoms with E-state index in [9.17, 15) is 8.42 Å². The molecule has 1 N–H and O–H groups in total. The van der Waals surface area contributed by atoms with Crippen LogP contribution in [0.2, 0.25) is 0 Å². The zero-order valence-electron chi connectivity index (χ0n) is 10.8. The molecule has 0 amide bonds. The van der Waals surface area contributed by atoms with E-state index in [0.717, 1.165) is 31.2 Å². The SMILES string of the molecule is CNC(CS(=O)(=O)C1CCCC1)c1ccccc1. The summed E-state index contributed by atoms with van der Waals surface area (Å²) in [5.41, 5.74) is 1.04. The van der Waals surface area contributed by atoms with Gasteiger partial charge in [0.25, 0.3) is 0 Å². The van der Waals surface area contributed by atoms with E-state index in [0.29, 0.717) is 0 Å². The molecule has 1 aromatic rings. The molecule has 0 heterocycles. The van der Waals surface area contributed by atoms with E-state index in [-0.39, 0.29) is 17.0 Å². The Labute approximate surface area is 110 Å². The number of hydrogen-bond donors (Lipinski definition) is 1. The van der Waals surface area contributed by atoms with Crippen LogP contribution in [0.3, 0.4) is 0 Å². The molecule has 0 bridgehead atoms. The van der Waals surface area contributed by atoms with Crippen molar-refractivity contribution >= 4 is 9.84 Å². The van der Waals surface area contributed by atoms with Gasteiger partial charge in [-0.15, -0.1) is 0 Å². The molecule has 1 fully saturated rings. The van der Waals surface area contributed by atoms with Gasteiger partial charge in [-0.05, 0) is 25.5 Å². The van der Waals surface area contributed by atoms with E-state index in [1.54, 1.807) is 0 Å². The van der Waals surface area contributed by atoms with Gasteiger partial charge in [-0.25, -0.2) is 8.42 Å². The zero-order valence-corrected chi connectivity index (χ0v) is 11.6. The number of nitrogens with one attached hydrogen (secondary N) is 1. The summed E-state index contributed by atoms with van der Waals surface area (Å²) >= 11 is 0. The second-order valence-corrected chi connectivity index (χ2v) is 7.31. The molecule has 2 rings (SSSR count). The van der Waals surface area contributed by atoms with E-state index in [2.05, 4.69) is 5.32 Å². The first-order chi connectivity index (χ1) is 8.63. The van der Waals surface area contributed by atoms with Crippen LogP contribution in [0.1, 0.15) is 37.3 Å². The second-order valence-electron chi connectivity index (χ2n) is 4.99. The van der Waals surface area contributed by atoms with Crippen LogP contribution in [-0.4, -0.2) is 26.5 Å². The molecule has 0 aliphatic heterocycles. The molecular weight excluding hydrogens is 246 g/mol. The third-order valence-corrected chi connectivity index (χ3v) is 6.04. The van der Waals surface area contributed by atoms with Crippen molar-refractivity contribution in [2.24, 2.45) is 0 Å². The number of hydrogen-bond acceptors (Lipinski definition) is 3. The van der Waals surface area contributed by atoms with Gasteiger partial charge in [0.2, 0.25) is 0 Å². The number of sulfone groups is 1. The Balaban J connectivity index is 2.11. The van der Waals surface area contributed by atoms with Crippen LogP contribution >= 0.6 is 0 Å². The Kier molecular flexibility index (Phi) is 4.40. The van der Waals surface area contributed by atoms with Gasteiger partial charge in [-0.1, -0.05) is 43.2 Å². The first-order valence-corrected chi connectivity index (χ1v) is 8.29. The maximum Gasteiger partial charge on any atom is 0.155 e. The van der Waals surface area contributed by atoms with Gasteiger partial charge in [-0.2, -0.15) is 0 Å². The van der Waals surface area contributed by atoms with E-state index in [1.807, 2.05) is 37.4 Å². The summed E-state index contributed by atoms with van der Waals surface area (Å²) in [6.45, 7) is 0. The molecule has 0 radical (unpaired) electrons. The molecule has 1 unspecified atom stereocenters. The minimum Gasteiger partial charge on any atom is -0.312 e. The van der Waals surface area contributed by atoms with Gasteiger partial charge >= 0.3 is 0 Å². The Morgan fingerprint density at radius 2 is 1.83 bits per heavy atom. The minimum absolute atomic E-state index is 0.100. The summed E-state index contributed by atoms with van der Waals surface area (Å²) in [5.74, 6) is 0.207. The zero-order chi connectivity index (χ0) is 13.0. The first-order valence-electron chi connectivity index (χ1n) is 6.57. The Morgan fingerprint density at radius 1 is 1.22 bits per heavy atom. The van der Waals surface area contributed by atoms with E-state index in [1.165, 1.54) is 0 Å². The van der Waals surface area contributed by atoms with Gasteiger partial charge in [0.15, 0.2) is 9.84 Å². The topological polar surface area (TPSA) is 46.2 Å². The fourth-order valence-corrected chi connectivity index (χ4v) is 4.79. The van der Waals surface area contributed by atoms with Gasteiger partial charge in [0.05, 0.1) is 11.0 Å². The molecule has 1 saturated carbocycles. The Morgan fingerprint density at radius 3 is 2.39 bits per heavy atom. The first kappa shape index (κ1) is 13.6. The third kappa shape index (κ3) is 3.12. The van der Waals surface area contributed by atoms with Crippen LogP contribution in [0.4, 0.5) is 0 Å². The van der Waals surface area contributed by atoms with Crippen molar-refractivity contribution in [2.45, 2.75) is 37.0 Å².